The van der Waals surface area contributed by atoms with Crippen LogP contribution in [0.2, 0.25) is 13.1 Å². The van der Waals surface area contributed by atoms with Gasteiger partial charge in [0, 0.05) is 5.92 Å². The molecule has 0 spiro atoms. The van der Waals surface area contributed by atoms with E-state index in [0.29, 0.717) is 6.42 Å². The van der Waals surface area contributed by atoms with Gasteiger partial charge in [-0.25, -0.2) is 0 Å². The van der Waals surface area contributed by atoms with Gasteiger partial charge in [0.05, 0.1) is 6.10 Å². The average molecular weight is 324 g/mol. The predicted molar refractivity (Wildman–Crippen MR) is 98.3 cm³/mol. The Kier molecular flexibility index (Phi) is 5.69. The minimum absolute atomic E-state index is 0.167. The molecule has 0 aromatic heterocycles. The molecule has 0 saturated carbocycles. The fourth-order valence-corrected chi connectivity index (χ4v) is 5.41. The van der Waals surface area contributed by atoms with E-state index in [2.05, 4.69) is 19.7 Å². The van der Waals surface area contributed by atoms with Gasteiger partial charge in [-0.15, -0.1) is 6.58 Å². The van der Waals surface area contributed by atoms with Crippen LogP contribution in [0.1, 0.15) is 18.1 Å². The number of hydrogen-bond donors (Lipinski definition) is 1. The van der Waals surface area contributed by atoms with Crippen molar-refractivity contribution in [3.05, 3.63) is 78.9 Å². The van der Waals surface area contributed by atoms with Gasteiger partial charge in [0.25, 0.3) is 0 Å². The fourth-order valence-electron chi connectivity index (χ4n) is 2.90. The second-order valence-corrected chi connectivity index (χ2v) is 10.7. The Hall–Kier alpha value is -1.97. The summed E-state index contributed by atoms with van der Waals surface area (Å²) in [5.41, 5.74) is 0.783. The Bertz CT molecular complexity index is 650. The maximum atomic E-state index is 13.2. The highest BCUT2D eigenvalue weighted by atomic mass is 28.3. The summed E-state index contributed by atoms with van der Waals surface area (Å²) >= 11 is 0. The first-order valence-electron chi connectivity index (χ1n) is 7.92. The van der Waals surface area contributed by atoms with Gasteiger partial charge in [0.15, 0.2) is 8.07 Å². The summed E-state index contributed by atoms with van der Waals surface area (Å²) in [7, 11) is -2.33. The molecule has 120 valence electrons. The van der Waals surface area contributed by atoms with Crippen molar-refractivity contribution in [3.8, 4) is 0 Å². The van der Waals surface area contributed by atoms with E-state index in [0.717, 1.165) is 10.8 Å². The summed E-state index contributed by atoms with van der Waals surface area (Å²) in [6, 6.07) is 19.3. The Labute approximate surface area is 139 Å². The molecule has 0 radical (unpaired) electrons. The summed E-state index contributed by atoms with van der Waals surface area (Å²) in [6.45, 7) is 7.87. The fraction of sp³-hybridized carbons (Fsp3) is 0.250. The third-order valence-corrected chi connectivity index (χ3v) is 7.77. The van der Waals surface area contributed by atoms with Gasteiger partial charge in [-0.1, -0.05) is 85.0 Å². The topological polar surface area (TPSA) is 37.3 Å². The van der Waals surface area contributed by atoms with Gasteiger partial charge < -0.3 is 9.90 Å². The third-order valence-electron chi connectivity index (χ3n) is 4.39. The van der Waals surface area contributed by atoms with Gasteiger partial charge in [0.1, 0.15) is 5.41 Å². The lowest BCUT2D eigenvalue weighted by Crippen LogP contribution is -2.53. The number of rotatable bonds is 7. The Balaban J connectivity index is 2.33. The van der Waals surface area contributed by atoms with E-state index >= 15 is 0 Å². The smallest absolute Gasteiger partial charge is 0.157 e. The van der Waals surface area contributed by atoms with Crippen molar-refractivity contribution in [1.82, 2.24) is 0 Å². The first kappa shape index (κ1) is 17.4. The molecule has 0 unspecified atom stereocenters. The van der Waals surface area contributed by atoms with Crippen LogP contribution in [0, 0.1) is 5.92 Å². The zero-order valence-electron chi connectivity index (χ0n) is 13.8. The van der Waals surface area contributed by atoms with E-state index < -0.39 is 20.1 Å². The molecular weight excluding hydrogens is 300 g/mol. The number of carbonyl (C=O) groups is 1. The van der Waals surface area contributed by atoms with Crippen molar-refractivity contribution in [2.24, 2.45) is 5.92 Å². The predicted octanol–water partition coefficient (Wildman–Crippen LogP) is 3.64. The van der Waals surface area contributed by atoms with E-state index in [1.54, 1.807) is 6.08 Å². The molecule has 1 N–H and O–H groups in total. The third kappa shape index (κ3) is 3.87. The summed E-state index contributed by atoms with van der Waals surface area (Å²) in [5, 5.41) is 12.0. The zero-order chi connectivity index (χ0) is 16.9. The van der Waals surface area contributed by atoms with E-state index in [4.69, 9.17) is 0 Å². The van der Waals surface area contributed by atoms with Crippen LogP contribution in [0.3, 0.4) is 0 Å². The number of benzene rings is 2. The number of aliphatic hydroxyl groups is 1. The van der Waals surface area contributed by atoms with Crippen molar-refractivity contribution in [3.63, 3.8) is 0 Å². The highest BCUT2D eigenvalue weighted by Gasteiger charge is 2.40. The minimum atomic E-state index is -2.33. The standard InChI is InChI=1S/C20H24O2Si/c1-4-11-18(19(21)16-12-7-5-8-13-16)20(22)23(2,3)17-14-9-6-10-15-17/h4-10,12-15,18-19,21H,1,11H2,2-3H3/t18-,19+/m1/s1. The van der Waals surface area contributed by atoms with Crippen molar-refractivity contribution in [2.75, 3.05) is 0 Å². The normalized spacial score (nSPS) is 14.0. The molecule has 0 fully saturated rings. The van der Waals surface area contributed by atoms with Crippen LogP contribution in [0.4, 0.5) is 0 Å². The summed E-state index contributed by atoms with van der Waals surface area (Å²) < 4.78 is 0. The van der Waals surface area contributed by atoms with E-state index in [1.807, 2.05) is 60.7 Å². The van der Waals surface area contributed by atoms with Gasteiger partial charge in [-0.05, 0) is 12.0 Å². The van der Waals surface area contributed by atoms with Gasteiger partial charge in [0.2, 0.25) is 0 Å². The van der Waals surface area contributed by atoms with Crippen LogP contribution in [0.15, 0.2) is 73.3 Å². The zero-order valence-corrected chi connectivity index (χ0v) is 14.8. The summed E-state index contributed by atoms with van der Waals surface area (Å²) in [5.74, 6) is -0.447. The maximum Gasteiger partial charge on any atom is 0.157 e. The molecule has 23 heavy (non-hydrogen) atoms. The van der Waals surface area contributed by atoms with E-state index in [9.17, 15) is 9.90 Å². The van der Waals surface area contributed by atoms with Crippen molar-refractivity contribution in [1.29, 1.82) is 0 Å². The first-order valence-corrected chi connectivity index (χ1v) is 10.9. The lowest BCUT2D eigenvalue weighted by atomic mass is 9.94. The highest BCUT2D eigenvalue weighted by molar-refractivity contribution is 7.13. The largest absolute Gasteiger partial charge is 0.388 e. The molecule has 0 aliphatic carbocycles. The number of carbonyl (C=O) groups excluding carboxylic acids is 1. The highest BCUT2D eigenvalue weighted by Crippen LogP contribution is 2.29. The molecule has 2 nitrogen and oxygen atoms in total. The summed E-state index contributed by atoms with van der Waals surface area (Å²) in [4.78, 5) is 13.2. The summed E-state index contributed by atoms with van der Waals surface area (Å²) in [6.07, 6.45) is 1.42. The van der Waals surface area contributed by atoms with Crippen LogP contribution >= 0.6 is 0 Å². The molecule has 0 aliphatic heterocycles. The van der Waals surface area contributed by atoms with Gasteiger partial charge in [-0.3, -0.25) is 0 Å². The average Bonchev–Trinajstić information content (AvgIpc) is 2.60. The van der Waals surface area contributed by atoms with Crippen molar-refractivity contribution >= 4 is 18.7 Å². The molecule has 0 heterocycles. The number of hydrogen-bond acceptors (Lipinski definition) is 2. The van der Waals surface area contributed by atoms with E-state index in [1.165, 1.54) is 0 Å². The molecule has 0 bridgehead atoms. The molecule has 2 rings (SSSR count). The molecule has 2 aromatic rings. The second-order valence-electron chi connectivity index (χ2n) is 6.34. The number of aliphatic hydroxyl groups excluding tert-OH is 1. The van der Waals surface area contributed by atoms with Crippen molar-refractivity contribution < 1.29 is 9.90 Å². The van der Waals surface area contributed by atoms with Gasteiger partial charge >= 0.3 is 0 Å². The van der Waals surface area contributed by atoms with Crippen molar-refractivity contribution in [2.45, 2.75) is 25.6 Å². The molecule has 0 amide bonds. The molecule has 2 aromatic carbocycles. The van der Waals surface area contributed by atoms with Crippen LogP contribution in [-0.2, 0) is 4.79 Å². The number of allylic oxidation sites excluding steroid dienone is 1. The second kappa shape index (κ2) is 7.53. The Morgan fingerprint density at radius 3 is 2.13 bits per heavy atom. The lowest BCUT2D eigenvalue weighted by Gasteiger charge is -2.29. The monoisotopic (exact) mass is 324 g/mol. The Morgan fingerprint density at radius 1 is 1.09 bits per heavy atom. The SMILES string of the molecule is C=CC[C@@H](C(=O)[Si](C)(C)c1ccccc1)[C@@H](O)c1ccccc1. The van der Waals surface area contributed by atoms with E-state index in [-0.39, 0.29) is 5.41 Å². The quantitative estimate of drug-likeness (QED) is 0.624. The van der Waals surface area contributed by atoms with Crippen LogP contribution in [0.25, 0.3) is 0 Å². The lowest BCUT2D eigenvalue weighted by molar-refractivity contribution is -0.119. The molecule has 2 atom stereocenters. The van der Waals surface area contributed by atoms with Crippen LogP contribution < -0.4 is 5.19 Å². The minimum Gasteiger partial charge on any atom is -0.388 e. The van der Waals surface area contributed by atoms with Gasteiger partial charge in [-0.2, -0.15) is 0 Å². The van der Waals surface area contributed by atoms with Crippen LogP contribution in [-0.4, -0.2) is 18.6 Å². The molecule has 0 aliphatic rings. The Morgan fingerprint density at radius 2 is 1.61 bits per heavy atom. The van der Waals surface area contributed by atoms with Crippen LogP contribution in [0.5, 0.6) is 0 Å². The molecule has 0 saturated heterocycles. The molecule has 3 heteroatoms. The maximum absolute atomic E-state index is 13.2. The first-order chi connectivity index (χ1) is 11.0. The molecular formula is C20H24O2Si.